The molecule has 4 rings (SSSR count). The molecule has 0 spiro atoms. The fourth-order valence-electron chi connectivity index (χ4n) is 2.42. The molecular formula is C18H12S4. The average Bonchev–Trinajstić information content (AvgIpc) is 3.35. The summed E-state index contributed by atoms with van der Waals surface area (Å²) in [4.78, 5) is 5.33. The quantitative estimate of drug-likeness (QED) is 0.371. The van der Waals surface area contributed by atoms with Crippen molar-refractivity contribution in [2.45, 2.75) is 0 Å². The third-order valence-corrected chi connectivity index (χ3v) is 6.87. The molecule has 0 aliphatic heterocycles. The second-order valence-electron chi connectivity index (χ2n) is 4.66. The van der Waals surface area contributed by atoms with Gasteiger partial charge in [0.1, 0.15) is 0 Å². The summed E-state index contributed by atoms with van der Waals surface area (Å²) in [7, 11) is 0. The number of hydrogen-bond acceptors (Lipinski definition) is 4. The standard InChI is InChI=1S/C18H12S4/c1-5-13(19-9-1)17(14-6-2-10-20-14)18(15-7-3-11-21-15)16-8-4-12-22-16/h1-12H. The van der Waals surface area contributed by atoms with Crippen LogP contribution in [0.1, 0.15) is 19.5 Å². The molecule has 0 fully saturated rings. The van der Waals surface area contributed by atoms with Gasteiger partial charge in [-0.25, -0.2) is 0 Å². The topological polar surface area (TPSA) is 0 Å². The van der Waals surface area contributed by atoms with Crippen LogP contribution in [0.15, 0.2) is 70.1 Å². The Hall–Kier alpha value is -1.46. The van der Waals surface area contributed by atoms with Gasteiger partial charge in [-0.3, -0.25) is 0 Å². The van der Waals surface area contributed by atoms with E-state index in [0.29, 0.717) is 0 Å². The van der Waals surface area contributed by atoms with Crippen LogP contribution in [0.5, 0.6) is 0 Å². The van der Waals surface area contributed by atoms with Crippen LogP contribution in [0.25, 0.3) is 11.1 Å². The maximum Gasteiger partial charge on any atom is 0.0363 e. The highest BCUT2D eigenvalue weighted by atomic mass is 32.1. The van der Waals surface area contributed by atoms with E-state index < -0.39 is 0 Å². The lowest BCUT2D eigenvalue weighted by Crippen LogP contribution is -1.90. The average molecular weight is 357 g/mol. The largest absolute Gasteiger partial charge is 0.144 e. The lowest BCUT2D eigenvalue weighted by atomic mass is 10.0. The van der Waals surface area contributed by atoms with Crippen molar-refractivity contribution in [1.29, 1.82) is 0 Å². The summed E-state index contributed by atoms with van der Waals surface area (Å²) in [6.07, 6.45) is 0. The van der Waals surface area contributed by atoms with Crippen LogP contribution in [0, 0.1) is 0 Å². The number of rotatable bonds is 4. The maximum atomic E-state index is 2.22. The predicted molar refractivity (Wildman–Crippen MR) is 102 cm³/mol. The van der Waals surface area contributed by atoms with Crippen molar-refractivity contribution in [3.05, 3.63) is 89.6 Å². The Morgan fingerprint density at radius 3 is 0.909 bits per heavy atom. The van der Waals surface area contributed by atoms with Crippen molar-refractivity contribution in [2.24, 2.45) is 0 Å². The Bertz CT molecular complexity index is 699. The first-order valence-corrected chi connectivity index (χ1v) is 10.3. The van der Waals surface area contributed by atoms with Gasteiger partial charge in [-0.2, -0.15) is 0 Å². The molecule has 0 aliphatic carbocycles. The molecule has 0 unspecified atom stereocenters. The zero-order valence-electron chi connectivity index (χ0n) is 11.6. The minimum Gasteiger partial charge on any atom is -0.144 e. The van der Waals surface area contributed by atoms with Crippen molar-refractivity contribution >= 4 is 56.5 Å². The monoisotopic (exact) mass is 356 g/mol. The smallest absolute Gasteiger partial charge is 0.0363 e. The molecule has 0 N–H and O–H groups in total. The summed E-state index contributed by atoms with van der Waals surface area (Å²) in [5.74, 6) is 0. The molecule has 0 saturated carbocycles. The van der Waals surface area contributed by atoms with Crippen LogP contribution < -0.4 is 0 Å². The minimum atomic E-state index is 1.33. The first-order chi connectivity index (χ1) is 10.9. The molecular weight excluding hydrogens is 344 g/mol. The van der Waals surface area contributed by atoms with E-state index in [0.717, 1.165) is 0 Å². The van der Waals surface area contributed by atoms with Crippen molar-refractivity contribution in [1.82, 2.24) is 0 Å². The van der Waals surface area contributed by atoms with E-state index in [1.165, 1.54) is 30.7 Å². The molecule has 0 saturated heterocycles. The molecule has 4 aromatic heterocycles. The fraction of sp³-hybridized carbons (Fsp3) is 0. The van der Waals surface area contributed by atoms with Crippen molar-refractivity contribution < 1.29 is 0 Å². The van der Waals surface area contributed by atoms with Crippen LogP contribution in [-0.4, -0.2) is 0 Å². The van der Waals surface area contributed by atoms with E-state index in [1.807, 2.05) is 45.3 Å². The predicted octanol–water partition coefficient (Wildman–Crippen LogP) is 6.94. The van der Waals surface area contributed by atoms with Gasteiger partial charge < -0.3 is 0 Å². The van der Waals surface area contributed by atoms with E-state index in [9.17, 15) is 0 Å². The summed E-state index contributed by atoms with van der Waals surface area (Å²) in [5, 5.41) is 8.62. The molecule has 0 atom stereocenters. The van der Waals surface area contributed by atoms with Crippen LogP contribution in [-0.2, 0) is 0 Å². The minimum absolute atomic E-state index is 1.33. The van der Waals surface area contributed by atoms with E-state index in [1.54, 1.807) is 0 Å². The second kappa shape index (κ2) is 6.34. The molecule has 4 heterocycles. The zero-order valence-corrected chi connectivity index (χ0v) is 14.8. The van der Waals surface area contributed by atoms with Gasteiger partial charge in [-0.05, 0) is 45.8 Å². The molecule has 108 valence electrons. The highest BCUT2D eigenvalue weighted by Gasteiger charge is 2.18. The van der Waals surface area contributed by atoms with Gasteiger partial charge in [-0.1, -0.05) is 24.3 Å². The van der Waals surface area contributed by atoms with Gasteiger partial charge in [0.25, 0.3) is 0 Å². The lowest BCUT2D eigenvalue weighted by molar-refractivity contribution is 1.73. The van der Waals surface area contributed by atoms with E-state index in [-0.39, 0.29) is 0 Å². The number of hydrogen-bond donors (Lipinski definition) is 0. The van der Waals surface area contributed by atoms with E-state index >= 15 is 0 Å². The lowest BCUT2D eigenvalue weighted by Gasteiger charge is -2.11. The van der Waals surface area contributed by atoms with Gasteiger partial charge in [0, 0.05) is 30.7 Å². The van der Waals surface area contributed by atoms with Crippen molar-refractivity contribution in [3.8, 4) is 0 Å². The van der Waals surface area contributed by atoms with Crippen molar-refractivity contribution in [3.63, 3.8) is 0 Å². The summed E-state index contributed by atoms with van der Waals surface area (Å²) in [6, 6.07) is 17.4. The first kappa shape index (κ1) is 14.2. The Kier molecular flexibility index (Phi) is 4.08. The molecule has 4 aromatic rings. The SMILES string of the molecule is c1csc(C(=C(c2cccs2)c2cccs2)c2cccs2)c1. The molecule has 0 aliphatic rings. The first-order valence-electron chi connectivity index (χ1n) is 6.83. The van der Waals surface area contributed by atoms with Crippen molar-refractivity contribution in [2.75, 3.05) is 0 Å². The fourth-order valence-corrected chi connectivity index (χ4v) is 5.71. The molecule has 22 heavy (non-hydrogen) atoms. The maximum absolute atomic E-state index is 2.22. The Labute approximate surface area is 145 Å². The van der Waals surface area contributed by atoms with Crippen LogP contribution in [0.3, 0.4) is 0 Å². The summed E-state index contributed by atoms with van der Waals surface area (Å²) in [6.45, 7) is 0. The third kappa shape index (κ3) is 2.63. The van der Waals surface area contributed by atoms with Gasteiger partial charge in [0.2, 0.25) is 0 Å². The van der Waals surface area contributed by atoms with Gasteiger partial charge in [-0.15, -0.1) is 45.3 Å². The number of thiophene rings is 4. The van der Waals surface area contributed by atoms with E-state index in [4.69, 9.17) is 0 Å². The summed E-state index contributed by atoms with van der Waals surface area (Å²) < 4.78 is 0. The van der Waals surface area contributed by atoms with Crippen LogP contribution >= 0.6 is 45.3 Å². The molecule has 0 bridgehead atoms. The molecule has 0 aromatic carbocycles. The normalized spacial score (nSPS) is 10.7. The molecule has 0 radical (unpaired) electrons. The highest BCUT2D eigenvalue weighted by molar-refractivity contribution is 7.16. The zero-order chi connectivity index (χ0) is 14.8. The Morgan fingerprint density at radius 1 is 0.455 bits per heavy atom. The highest BCUT2D eigenvalue weighted by Crippen LogP contribution is 2.42. The summed E-state index contributed by atoms with van der Waals surface area (Å²) >= 11 is 7.24. The Balaban J connectivity index is 2.06. The molecule has 0 nitrogen and oxygen atoms in total. The van der Waals surface area contributed by atoms with Gasteiger partial charge in [0.15, 0.2) is 0 Å². The molecule has 0 amide bonds. The summed E-state index contributed by atoms with van der Waals surface area (Å²) in [5.41, 5.74) is 2.71. The van der Waals surface area contributed by atoms with Crippen LogP contribution in [0.2, 0.25) is 0 Å². The van der Waals surface area contributed by atoms with Gasteiger partial charge >= 0.3 is 0 Å². The van der Waals surface area contributed by atoms with Crippen LogP contribution in [0.4, 0.5) is 0 Å². The van der Waals surface area contributed by atoms with Gasteiger partial charge in [0.05, 0.1) is 0 Å². The second-order valence-corrected chi connectivity index (χ2v) is 8.45. The van der Waals surface area contributed by atoms with E-state index in [2.05, 4.69) is 70.1 Å². The third-order valence-electron chi connectivity index (χ3n) is 3.32. The Morgan fingerprint density at radius 2 is 0.727 bits per heavy atom. The molecule has 4 heteroatoms.